The third kappa shape index (κ3) is 27.5. The van der Waals surface area contributed by atoms with E-state index in [-0.39, 0.29) is 47.5 Å². The van der Waals surface area contributed by atoms with Gasteiger partial charge in [-0.3, -0.25) is 34.9 Å². The lowest BCUT2D eigenvalue weighted by Gasteiger charge is -2.32. The SMILES string of the molecule is CCS(=O)(=O)N1CCC(Nc2cc(-c3ccc(Cl)nc3)cc3ccncc23)CC1.CCS(=O)(=O)N1CCC(Nc2cc(-c3ccc(N)nc3)cc3ccncc23)CC1.CCc1cccc(-c2cc(NC3CCN(S(=O)(=O)CC)CC3)c3cnccc3c2)c1.COc1cncc(-c2cc(NC3CCN(S(C)(=O)=O)CC3)c3cnccc3c2)c1.CS(=O)(=O)N1CCC(Nc2cc(-c3ccc(C(F)(F)F)nc3)cc3ccncc23)CC1. The van der Waals surface area contributed by atoms with Gasteiger partial charge in [-0.15, -0.1) is 0 Å². The van der Waals surface area contributed by atoms with Crippen molar-refractivity contribution in [2.75, 3.05) is 135 Å². The first-order valence-electron chi connectivity index (χ1n) is 49.5. The minimum atomic E-state index is -4.48. The van der Waals surface area contributed by atoms with Crippen molar-refractivity contribution < 1.29 is 60.0 Å². The van der Waals surface area contributed by atoms with Gasteiger partial charge in [0.1, 0.15) is 22.4 Å². The van der Waals surface area contributed by atoms with Crippen LogP contribution in [0.5, 0.6) is 5.75 Å². The summed E-state index contributed by atoms with van der Waals surface area (Å²) in [7, 11) is -14.1. The van der Waals surface area contributed by atoms with Crippen molar-refractivity contribution in [1.82, 2.24) is 66.4 Å². The number of rotatable bonds is 25. The van der Waals surface area contributed by atoms with Crippen LogP contribution < -0.4 is 37.1 Å². The van der Waals surface area contributed by atoms with Crippen LogP contribution in [0.15, 0.2) is 251 Å². The average Bonchev–Trinajstić information content (AvgIpc) is 0.794. The molecule has 5 saturated heterocycles. The number of aromatic nitrogens is 9. The van der Waals surface area contributed by atoms with Gasteiger partial charge in [0.05, 0.1) is 43.1 Å². The number of halogens is 4. The van der Waals surface area contributed by atoms with Crippen LogP contribution >= 0.6 is 11.6 Å². The van der Waals surface area contributed by atoms with Gasteiger partial charge >= 0.3 is 6.18 Å². The molecular weight excluding hydrogens is 2010 g/mol. The van der Waals surface area contributed by atoms with E-state index in [1.54, 1.807) is 107 Å². The normalized spacial score (nSPS) is 16.2. The summed E-state index contributed by atoms with van der Waals surface area (Å²) < 4.78 is 171. The average molecular weight is 2130 g/mol. The molecule has 778 valence electrons. The van der Waals surface area contributed by atoms with Crippen molar-refractivity contribution in [2.24, 2.45) is 0 Å². The Balaban J connectivity index is 0.000000132. The zero-order valence-corrected chi connectivity index (χ0v) is 88.2. The molecule has 5 aliphatic rings. The molecule has 40 heteroatoms. The number of piperidine rings is 5. The lowest BCUT2D eigenvalue weighted by Crippen LogP contribution is -2.42. The number of ether oxygens (including phenoxy) is 1. The molecule has 0 saturated carbocycles. The number of anilines is 6. The van der Waals surface area contributed by atoms with Gasteiger partial charge in [0, 0.05) is 260 Å². The Morgan fingerprint density at radius 2 is 0.649 bits per heavy atom. The summed E-state index contributed by atoms with van der Waals surface area (Å²) in [6.45, 7) is 12.5. The van der Waals surface area contributed by atoms with Crippen LogP contribution in [-0.2, 0) is 62.7 Å². The molecule has 0 atom stereocenters. The van der Waals surface area contributed by atoms with Gasteiger partial charge < -0.3 is 37.1 Å². The second-order valence-corrected chi connectivity index (χ2v) is 48.5. The number of nitrogens with one attached hydrogen (secondary N) is 5. The highest BCUT2D eigenvalue weighted by atomic mass is 35.5. The first-order valence-corrected chi connectivity index (χ1v) is 58.4. The van der Waals surface area contributed by atoms with E-state index in [9.17, 15) is 55.3 Å². The van der Waals surface area contributed by atoms with Crippen LogP contribution in [0.4, 0.5) is 47.4 Å². The quantitative estimate of drug-likeness (QED) is 0.0289. The molecule has 0 spiro atoms. The number of pyridine rings is 9. The maximum Gasteiger partial charge on any atom is 0.433 e. The Hall–Kier alpha value is -12.8. The summed E-state index contributed by atoms with van der Waals surface area (Å²) in [6.07, 6.45) is 32.8. The highest BCUT2D eigenvalue weighted by Crippen LogP contribution is 2.41. The smallest absolute Gasteiger partial charge is 0.433 e. The van der Waals surface area contributed by atoms with Crippen LogP contribution in [0.3, 0.4) is 0 Å². The van der Waals surface area contributed by atoms with Crippen LogP contribution in [0.2, 0.25) is 5.15 Å². The molecule has 5 aliphatic heterocycles. The summed E-state index contributed by atoms with van der Waals surface area (Å²) in [5.41, 5.74) is 20.7. The predicted molar refractivity (Wildman–Crippen MR) is 587 cm³/mol. The van der Waals surface area contributed by atoms with Crippen molar-refractivity contribution in [1.29, 1.82) is 0 Å². The fraction of sp³-hybridized carbons (Fsp3) is 0.343. The lowest BCUT2D eigenvalue weighted by atomic mass is 9.97. The summed E-state index contributed by atoms with van der Waals surface area (Å²) in [5.74, 6) is 1.67. The number of nitrogens with zero attached hydrogens (tertiary/aromatic N) is 14. The first kappa shape index (κ1) is 108. The standard InChI is InChI=1S/C24H29N3O2S.C21H23ClN4O2S.C21H21F3N4O2S.C21H25N5O2S.C21H24N4O3S/c1-3-18-6-5-7-19(14-18)21-15-20-8-11-25-17-23(20)24(16-21)26-22-9-12-27(13-10-22)30(28,29)4-2;1-2-29(27,28)26-9-6-18(7-10-26)25-20-12-17(16-3-4-21(22)24-13-16)11-15-5-8-23-14-19(15)20;1-31(29,30)28-8-5-17(6-9-28)27-19-11-16(10-14-4-7-25-13-18(14)19)15-2-3-20(26-12-15)21(22,23)24;1-2-29(27,28)26-9-6-18(7-10-26)25-20-12-17(16-3-4-21(22)24-13-16)11-15-5-8-23-14-19(15)20;1-28-19-10-17(12-23-13-19)16-9-15-3-6-22-14-20(15)21(11-16)24-18-4-7-25(8-5-18)29(2,26)27/h5-8,11,14-17,22,26H,3-4,9-10,12-13H2,1-2H3;3-5,8,11-14,18,25H,2,6-7,9-10H2,1H3;2-4,7,10-13,17,27H,5-6,8-9H2,1H3;3-5,8,11-14,18,25H,2,6-7,9-10H2,1H3,(H2,22,24);3,6,9-14,18,24H,4-5,7-8H2,1-2H3. The molecule has 0 unspecified atom stereocenters. The molecule has 9 aromatic heterocycles. The molecular formula is C108H122ClF3N20O11S5. The van der Waals surface area contributed by atoms with Gasteiger partial charge in [-0.25, -0.2) is 73.6 Å². The van der Waals surface area contributed by atoms with Crippen molar-refractivity contribution in [3.05, 3.63) is 267 Å². The monoisotopic (exact) mass is 2130 g/mol. The number of benzene rings is 6. The second kappa shape index (κ2) is 47.8. The largest absolute Gasteiger partial charge is 0.495 e. The predicted octanol–water partition coefficient (Wildman–Crippen LogP) is 19.3. The zero-order chi connectivity index (χ0) is 105. The van der Waals surface area contributed by atoms with Crippen molar-refractivity contribution >= 4 is 150 Å². The molecule has 7 N–H and O–H groups in total. The molecule has 20 rings (SSSR count). The summed E-state index contributed by atoms with van der Waals surface area (Å²) >= 11 is 5.93. The highest BCUT2D eigenvalue weighted by Gasteiger charge is 2.35. The molecule has 0 radical (unpaired) electrons. The van der Waals surface area contributed by atoms with Crippen LogP contribution in [0, 0.1) is 0 Å². The minimum absolute atomic E-state index is 0.0717. The van der Waals surface area contributed by atoms with Gasteiger partial charge in [0.25, 0.3) is 0 Å². The van der Waals surface area contributed by atoms with Gasteiger partial charge in [-0.05, 0) is 285 Å². The third-order valence-corrected chi connectivity index (χ3v) is 36.1. The second-order valence-electron chi connectivity index (χ2n) is 37.4. The number of sulfonamides is 5. The Morgan fingerprint density at radius 3 is 0.932 bits per heavy atom. The molecule has 14 heterocycles. The summed E-state index contributed by atoms with van der Waals surface area (Å²) in [4.78, 5) is 37.6. The van der Waals surface area contributed by atoms with Crippen molar-refractivity contribution in [3.63, 3.8) is 0 Å². The minimum Gasteiger partial charge on any atom is -0.495 e. The van der Waals surface area contributed by atoms with Crippen LogP contribution in [-0.4, -0.2) is 241 Å². The van der Waals surface area contributed by atoms with Crippen LogP contribution in [0.1, 0.15) is 103 Å². The Kier molecular flexibility index (Phi) is 34.9. The van der Waals surface area contributed by atoms with E-state index in [1.807, 2.05) is 97.8 Å². The van der Waals surface area contributed by atoms with Gasteiger partial charge in [-0.1, -0.05) is 48.9 Å². The summed E-state index contributed by atoms with van der Waals surface area (Å²) in [5, 5.41) is 28.9. The number of aryl methyl sites for hydroxylation is 1. The van der Waals surface area contributed by atoms with E-state index in [4.69, 9.17) is 22.1 Å². The van der Waals surface area contributed by atoms with E-state index in [1.165, 1.54) is 45.8 Å². The van der Waals surface area contributed by atoms with Crippen molar-refractivity contribution in [3.8, 4) is 61.4 Å². The third-order valence-electron chi connectivity index (χ3n) is 27.6. The van der Waals surface area contributed by atoms with E-state index in [0.29, 0.717) is 101 Å². The number of nitrogens with two attached hydrogens (primary N) is 1. The Bertz CT molecular complexity index is 7630. The maximum atomic E-state index is 12.8. The molecule has 0 bridgehead atoms. The fourth-order valence-electron chi connectivity index (χ4n) is 19.1. The number of fused-ring (bicyclic) bond motifs is 5. The van der Waals surface area contributed by atoms with E-state index >= 15 is 0 Å². The van der Waals surface area contributed by atoms with E-state index < -0.39 is 62.0 Å². The lowest BCUT2D eigenvalue weighted by molar-refractivity contribution is -0.141. The van der Waals surface area contributed by atoms with E-state index in [2.05, 4.69) is 151 Å². The Morgan fingerprint density at radius 1 is 0.338 bits per heavy atom. The molecule has 0 aliphatic carbocycles. The highest BCUT2D eigenvalue weighted by molar-refractivity contribution is 7.89. The Labute approximate surface area is 867 Å². The molecule has 31 nitrogen and oxygen atoms in total. The van der Waals surface area contributed by atoms with Gasteiger partial charge in [-0.2, -0.15) is 13.2 Å². The van der Waals surface area contributed by atoms with Gasteiger partial charge in [0.15, 0.2) is 0 Å². The number of alkyl halides is 3. The number of methoxy groups -OCH3 is 1. The first-order chi connectivity index (χ1) is 71.0. The van der Waals surface area contributed by atoms with Crippen LogP contribution in [0.25, 0.3) is 109 Å². The van der Waals surface area contributed by atoms with Crippen molar-refractivity contribution in [2.45, 2.75) is 135 Å². The summed E-state index contributed by atoms with van der Waals surface area (Å²) in [6, 6.07) is 52.1. The van der Waals surface area contributed by atoms with E-state index in [0.717, 1.165) is 185 Å². The molecule has 6 aromatic carbocycles. The number of hydrogen-bond acceptors (Lipinski definition) is 26. The molecule has 15 aromatic rings. The zero-order valence-electron chi connectivity index (χ0n) is 83.4. The molecule has 5 fully saturated rings. The molecule has 148 heavy (non-hydrogen) atoms. The fourth-order valence-corrected chi connectivity index (χ4v) is 24.3. The van der Waals surface area contributed by atoms with Gasteiger partial charge in [0.2, 0.25) is 50.1 Å². The number of nitrogen functional groups attached to an aromatic ring is 1. The maximum absolute atomic E-state index is 12.8. The molecule has 0 amide bonds. The number of hydrogen-bond donors (Lipinski definition) is 6. The topological polar surface area (TPSA) is 398 Å².